The Morgan fingerprint density at radius 3 is 2.16 bits per heavy atom. The molecule has 0 aromatic heterocycles. The van der Waals surface area contributed by atoms with Gasteiger partial charge in [-0.05, 0) is 19.9 Å². The first-order valence-corrected chi connectivity index (χ1v) is 7.78. The third-order valence-electron chi connectivity index (χ3n) is 5.42. The van der Waals surface area contributed by atoms with E-state index in [0.29, 0.717) is 6.10 Å². The van der Waals surface area contributed by atoms with Gasteiger partial charge in [0.15, 0.2) is 0 Å². The first-order valence-electron chi connectivity index (χ1n) is 7.78. The van der Waals surface area contributed by atoms with E-state index in [0.717, 1.165) is 32.7 Å². The van der Waals surface area contributed by atoms with Gasteiger partial charge in [-0.2, -0.15) is 0 Å². The molecule has 1 aliphatic heterocycles. The van der Waals surface area contributed by atoms with Gasteiger partial charge in [-0.3, -0.25) is 4.90 Å². The Morgan fingerprint density at radius 1 is 1.11 bits per heavy atom. The van der Waals surface area contributed by atoms with E-state index in [1.165, 1.54) is 19.6 Å². The number of hydrogen-bond acceptors (Lipinski definition) is 4. The molecule has 0 bridgehead atoms. The summed E-state index contributed by atoms with van der Waals surface area (Å²) >= 11 is 0. The molecule has 0 aromatic rings. The fourth-order valence-electron chi connectivity index (χ4n) is 3.44. The largest absolute Gasteiger partial charge is 0.378 e. The van der Waals surface area contributed by atoms with Gasteiger partial charge < -0.3 is 15.4 Å². The smallest absolute Gasteiger partial charge is 0.0662 e. The highest BCUT2D eigenvalue weighted by atomic mass is 16.5. The Kier molecular flexibility index (Phi) is 4.56. The van der Waals surface area contributed by atoms with Crippen LogP contribution in [0.15, 0.2) is 0 Å². The fraction of sp³-hybridized carbons (Fsp3) is 1.00. The maximum Gasteiger partial charge on any atom is 0.0662 e. The lowest BCUT2D eigenvalue weighted by Crippen LogP contribution is -2.74. The third-order valence-corrected chi connectivity index (χ3v) is 5.42. The Hall–Kier alpha value is -0.160. The summed E-state index contributed by atoms with van der Waals surface area (Å²) in [7, 11) is 0. The van der Waals surface area contributed by atoms with Gasteiger partial charge in [0, 0.05) is 50.3 Å². The minimum atomic E-state index is -0.0821. The van der Waals surface area contributed by atoms with Gasteiger partial charge >= 0.3 is 0 Å². The summed E-state index contributed by atoms with van der Waals surface area (Å²) in [6, 6.07) is 0. The van der Waals surface area contributed by atoms with Gasteiger partial charge in [-0.1, -0.05) is 20.8 Å². The van der Waals surface area contributed by atoms with Crippen molar-refractivity contribution in [3.63, 3.8) is 0 Å². The SMILES string of the molecule is CCOC1CC(N)(CN2CCN(CC)CC2)C1(C)C. The number of ether oxygens (including phenoxy) is 1. The van der Waals surface area contributed by atoms with Crippen LogP contribution in [0.5, 0.6) is 0 Å². The Balaban J connectivity index is 1.86. The predicted molar refractivity (Wildman–Crippen MR) is 79.3 cm³/mol. The van der Waals surface area contributed by atoms with Crippen LogP contribution in [0.1, 0.15) is 34.1 Å². The van der Waals surface area contributed by atoms with Crippen LogP contribution in [-0.2, 0) is 4.74 Å². The molecule has 19 heavy (non-hydrogen) atoms. The van der Waals surface area contributed by atoms with Gasteiger partial charge in [0.25, 0.3) is 0 Å². The first kappa shape index (κ1) is 15.2. The summed E-state index contributed by atoms with van der Waals surface area (Å²) in [5.74, 6) is 0. The molecule has 2 fully saturated rings. The zero-order chi connectivity index (χ0) is 14.1. The molecule has 2 rings (SSSR count). The first-order chi connectivity index (χ1) is 8.93. The molecule has 2 N–H and O–H groups in total. The zero-order valence-corrected chi connectivity index (χ0v) is 13.1. The Bertz CT molecular complexity index is 300. The van der Waals surface area contributed by atoms with E-state index in [-0.39, 0.29) is 11.0 Å². The average molecular weight is 269 g/mol. The maximum atomic E-state index is 6.66. The van der Waals surface area contributed by atoms with Crippen molar-refractivity contribution in [1.29, 1.82) is 0 Å². The summed E-state index contributed by atoms with van der Waals surface area (Å²) in [6.07, 6.45) is 1.33. The van der Waals surface area contributed by atoms with E-state index in [4.69, 9.17) is 10.5 Å². The molecule has 0 radical (unpaired) electrons. The average Bonchev–Trinajstić information content (AvgIpc) is 2.39. The second-order valence-electron chi connectivity index (χ2n) is 6.74. The van der Waals surface area contributed by atoms with Crippen LogP contribution in [0.4, 0.5) is 0 Å². The molecular weight excluding hydrogens is 238 g/mol. The molecule has 1 saturated carbocycles. The molecule has 2 unspecified atom stereocenters. The maximum absolute atomic E-state index is 6.66. The van der Waals surface area contributed by atoms with Crippen LogP contribution in [0.2, 0.25) is 0 Å². The van der Waals surface area contributed by atoms with Crippen LogP contribution in [0.25, 0.3) is 0 Å². The van der Waals surface area contributed by atoms with Crippen LogP contribution in [-0.4, -0.2) is 67.3 Å². The summed E-state index contributed by atoms with van der Waals surface area (Å²) in [5, 5.41) is 0. The minimum Gasteiger partial charge on any atom is -0.378 e. The number of hydrogen-bond donors (Lipinski definition) is 1. The topological polar surface area (TPSA) is 41.7 Å². The number of nitrogens with zero attached hydrogens (tertiary/aromatic N) is 2. The van der Waals surface area contributed by atoms with E-state index < -0.39 is 0 Å². The predicted octanol–water partition coefficient (Wildman–Crippen LogP) is 1.16. The highest BCUT2D eigenvalue weighted by molar-refractivity contribution is 5.14. The van der Waals surface area contributed by atoms with E-state index in [1.807, 2.05) is 0 Å². The molecule has 0 spiro atoms. The van der Waals surface area contributed by atoms with Crippen molar-refractivity contribution in [2.75, 3.05) is 45.9 Å². The van der Waals surface area contributed by atoms with Crippen molar-refractivity contribution in [2.24, 2.45) is 11.1 Å². The second kappa shape index (κ2) is 5.68. The van der Waals surface area contributed by atoms with Crippen molar-refractivity contribution in [3.8, 4) is 0 Å². The van der Waals surface area contributed by atoms with Gasteiger partial charge in [0.1, 0.15) is 0 Å². The quantitative estimate of drug-likeness (QED) is 0.813. The highest BCUT2D eigenvalue weighted by Crippen LogP contribution is 2.50. The van der Waals surface area contributed by atoms with Crippen molar-refractivity contribution >= 4 is 0 Å². The van der Waals surface area contributed by atoms with Crippen LogP contribution < -0.4 is 5.73 Å². The van der Waals surface area contributed by atoms with Crippen molar-refractivity contribution in [3.05, 3.63) is 0 Å². The molecule has 4 nitrogen and oxygen atoms in total. The van der Waals surface area contributed by atoms with Gasteiger partial charge in [0.2, 0.25) is 0 Å². The molecule has 1 saturated heterocycles. The van der Waals surface area contributed by atoms with Crippen molar-refractivity contribution < 1.29 is 4.74 Å². The van der Waals surface area contributed by atoms with E-state index in [9.17, 15) is 0 Å². The van der Waals surface area contributed by atoms with E-state index in [2.05, 4.69) is 37.5 Å². The molecule has 0 amide bonds. The van der Waals surface area contributed by atoms with E-state index >= 15 is 0 Å². The molecule has 1 heterocycles. The molecule has 0 aromatic carbocycles. The van der Waals surface area contributed by atoms with Gasteiger partial charge in [-0.15, -0.1) is 0 Å². The van der Waals surface area contributed by atoms with Crippen molar-refractivity contribution in [2.45, 2.75) is 45.8 Å². The van der Waals surface area contributed by atoms with Gasteiger partial charge in [0.05, 0.1) is 6.10 Å². The molecule has 4 heteroatoms. The summed E-state index contributed by atoms with van der Waals surface area (Å²) < 4.78 is 5.81. The molecule has 1 aliphatic carbocycles. The number of piperazine rings is 1. The van der Waals surface area contributed by atoms with Gasteiger partial charge in [-0.25, -0.2) is 0 Å². The lowest BCUT2D eigenvalue weighted by molar-refractivity contribution is -0.157. The van der Waals surface area contributed by atoms with E-state index in [1.54, 1.807) is 0 Å². The number of nitrogens with two attached hydrogens (primary N) is 1. The highest BCUT2D eigenvalue weighted by Gasteiger charge is 2.58. The van der Waals surface area contributed by atoms with Crippen LogP contribution >= 0.6 is 0 Å². The summed E-state index contributed by atoms with van der Waals surface area (Å²) in [4.78, 5) is 5.05. The second-order valence-corrected chi connectivity index (χ2v) is 6.74. The van der Waals surface area contributed by atoms with Crippen LogP contribution in [0.3, 0.4) is 0 Å². The summed E-state index contributed by atoms with van der Waals surface area (Å²) in [6.45, 7) is 16.5. The number of rotatable bonds is 5. The monoisotopic (exact) mass is 269 g/mol. The lowest BCUT2D eigenvalue weighted by Gasteiger charge is -2.60. The lowest BCUT2D eigenvalue weighted by atomic mass is 9.54. The fourth-order valence-corrected chi connectivity index (χ4v) is 3.44. The molecular formula is C15H31N3O. The standard InChI is InChI=1S/C15H31N3O/c1-5-17-7-9-18(10-8-17)12-15(16)11-13(19-6-2)14(15,3)4/h13H,5-12,16H2,1-4H3. The summed E-state index contributed by atoms with van der Waals surface area (Å²) in [5.41, 5.74) is 6.67. The molecule has 2 aliphatic rings. The molecule has 2 atom stereocenters. The molecule has 112 valence electrons. The minimum absolute atomic E-state index is 0.0821. The zero-order valence-electron chi connectivity index (χ0n) is 13.1. The van der Waals surface area contributed by atoms with Crippen LogP contribution in [0, 0.1) is 5.41 Å². The van der Waals surface area contributed by atoms with Crippen molar-refractivity contribution in [1.82, 2.24) is 9.80 Å². The normalized spacial score (nSPS) is 36.2. The Morgan fingerprint density at radius 2 is 1.68 bits per heavy atom. The Labute approximate surface area is 118 Å². The third kappa shape index (κ3) is 2.82. The number of likely N-dealkylation sites (N-methyl/N-ethyl adjacent to an activating group) is 1.